The second-order valence-corrected chi connectivity index (χ2v) is 4.24. The Bertz CT molecular complexity index is 707. The minimum atomic E-state index is 0.332. The zero-order valence-electron chi connectivity index (χ0n) is 9.69. The van der Waals surface area contributed by atoms with E-state index in [-0.39, 0.29) is 0 Å². The molecule has 7 nitrogen and oxygen atoms in total. The number of nitrogens with two attached hydrogens (primary N) is 1. The van der Waals surface area contributed by atoms with Crippen molar-refractivity contribution in [3.63, 3.8) is 0 Å². The van der Waals surface area contributed by atoms with E-state index in [1.165, 1.54) is 4.68 Å². The molecule has 96 valence electrons. The lowest BCUT2D eigenvalue weighted by Crippen LogP contribution is -2.02. The first-order chi connectivity index (χ1) is 9.22. The van der Waals surface area contributed by atoms with E-state index in [0.717, 1.165) is 0 Å². The van der Waals surface area contributed by atoms with Gasteiger partial charge in [-0.05, 0) is 12.1 Å². The molecule has 3 rings (SSSR count). The lowest BCUT2D eigenvalue weighted by atomic mass is 10.2. The van der Waals surface area contributed by atoms with E-state index in [1.54, 1.807) is 12.3 Å². The number of halogens is 1. The molecule has 0 saturated heterocycles. The first-order valence-corrected chi connectivity index (χ1v) is 5.83. The Morgan fingerprint density at radius 2 is 2.16 bits per heavy atom. The van der Waals surface area contributed by atoms with Gasteiger partial charge in [-0.3, -0.25) is 0 Å². The Morgan fingerprint density at radius 3 is 2.89 bits per heavy atom. The average Bonchev–Trinajstić information content (AvgIpc) is 3.00. The first-order valence-electron chi connectivity index (χ1n) is 5.45. The highest BCUT2D eigenvalue weighted by Gasteiger charge is 2.12. The quantitative estimate of drug-likeness (QED) is 0.781. The van der Waals surface area contributed by atoms with E-state index >= 15 is 0 Å². The van der Waals surface area contributed by atoms with Crippen LogP contribution in [0.3, 0.4) is 0 Å². The van der Waals surface area contributed by atoms with Gasteiger partial charge in [0.05, 0.1) is 16.8 Å². The van der Waals surface area contributed by atoms with E-state index in [4.69, 9.17) is 21.9 Å². The van der Waals surface area contributed by atoms with Crippen LogP contribution < -0.4 is 5.73 Å². The smallest absolute Gasteiger partial charge is 0.259 e. The molecule has 0 radical (unpaired) electrons. The number of hydrogen-bond donors (Lipinski definition) is 1. The molecule has 0 saturated carbocycles. The molecule has 2 heterocycles. The van der Waals surface area contributed by atoms with Crippen molar-refractivity contribution >= 4 is 17.4 Å². The van der Waals surface area contributed by atoms with Crippen molar-refractivity contribution in [2.45, 2.75) is 6.54 Å². The molecular formula is C11H9ClN6O. The number of rotatable bonds is 3. The van der Waals surface area contributed by atoms with Crippen LogP contribution in [0.25, 0.3) is 11.5 Å². The van der Waals surface area contributed by atoms with Gasteiger partial charge in [-0.15, -0.1) is 5.10 Å². The summed E-state index contributed by atoms with van der Waals surface area (Å²) in [5.41, 5.74) is 6.17. The summed E-state index contributed by atoms with van der Waals surface area (Å²) in [6.07, 6.45) is 1.59. The average molecular weight is 277 g/mol. The molecule has 1 aromatic carbocycles. The lowest BCUT2D eigenvalue weighted by Gasteiger charge is -1.96. The third-order valence-corrected chi connectivity index (χ3v) is 2.76. The van der Waals surface area contributed by atoms with E-state index in [9.17, 15) is 0 Å². The second-order valence-electron chi connectivity index (χ2n) is 3.84. The molecule has 3 aromatic rings. The summed E-state index contributed by atoms with van der Waals surface area (Å²) < 4.78 is 6.70. The van der Waals surface area contributed by atoms with Crippen molar-refractivity contribution in [3.8, 4) is 11.5 Å². The normalized spacial score (nSPS) is 10.8. The van der Waals surface area contributed by atoms with Crippen molar-refractivity contribution < 1.29 is 4.52 Å². The Labute approximate surface area is 113 Å². The molecule has 0 aliphatic rings. The Hall–Kier alpha value is -2.41. The summed E-state index contributed by atoms with van der Waals surface area (Å²) in [7, 11) is 0. The van der Waals surface area contributed by atoms with Crippen molar-refractivity contribution in [2.24, 2.45) is 0 Å². The molecule has 0 aliphatic carbocycles. The van der Waals surface area contributed by atoms with Gasteiger partial charge in [0.15, 0.2) is 11.6 Å². The minimum Gasteiger partial charge on any atom is -0.381 e. The maximum absolute atomic E-state index is 6.06. The summed E-state index contributed by atoms with van der Waals surface area (Å²) in [4.78, 5) is 4.25. The van der Waals surface area contributed by atoms with Crippen LogP contribution in [-0.4, -0.2) is 25.1 Å². The maximum atomic E-state index is 6.06. The number of anilines is 1. The summed E-state index contributed by atoms with van der Waals surface area (Å²) in [5.74, 6) is 1.18. The summed E-state index contributed by atoms with van der Waals surface area (Å²) >= 11 is 6.06. The predicted octanol–water partition coefficient (Wildman–Crippen LogP) is 1.61. The molecule has 2 aromatic heterocycles. The highest BCUT2D eigenvalue weighted by atomic mass is 35.5. The molecule has 0 unspecified atom stereocenters. The largest absolute Gasteiger partial charge is 0.381 e. The van der Waals surface area contributed by atoms with Gasteiger partial charge < -0.3 is 10.3 Å². The van der Waals surface area contributed by atoms with Gasteiger partial charge in [0, 0.05) is 0 Å². The van der Waals surface area contributed by atoms with Gasteiger partial charge in [-0.2, -0.15) is 4.98 Å². The van der Waals surface area contributed by atoms with Crippen LogP contribution in [0.2, 0.25) is 5.02 Å². The van der Waals surface area contributed by atoms with Crippen LogP contribution >= 0.6 is 11.6 Å². The van der Waals surface area contributed by atoms with E-state index in [2.05, 4.69) is 20.5 Å². The third kappa shape index (κ3) is 2.41. The Balaban J connectivity index is 1.86. The summed E-state index contributed by atoms with van der Waals surface area (Å²) in [6.45, 7) is 0.332. The highest BCUT2D eigenvalue weighted by molar-refractivity contribution is 6.33. The van der Waals surface area contributed by atoms with Crippen molar-refractivity contribution in [1.82, 2.24) is 25.1 Å². The molecule has 0 atom stereocenters. The lowest BCUT2D eigenvalue weighted by molar-refractivity contribution is 0.418. The molecule has 0 bridgehead atoms. The van der Waals surface area contributed by atoms with Crippen LogP contribution in [0.4, 0.5) is 5.82 Å². The molecule has 0 amide bonds. The summed E-state index contributed by atoms with van der Waals surface area (Å²) in [5, 5.41) is 11.9. The zero-order valence-corrected chi connectivity index (χ0v) is 10.4. The number of nitrogen functional groups attached to an aromatic ring is 1. The van der Waals surface area contributed by atoms with Crippen LogP contribution in [0.15, 0.2) is 35.0 Å². The fourth-order valence-corrected chi connectivity index (χ4v) is 1.81. The number of benzene rings is 1. The minimum absolute atomic E-state index is 0.332. The van der Waals surface area contributed by atoms with Gasteiger partial charge in [0.2, 0.25) is 0 Å². The van der Waals surface area contributed by atoms with Gasteiger partial charge in [0.25, 0.3) is 5.89 Å². The standard InChI is InChI=1S/C11H9ClN6O/c12-8-4-2-1-3-7(8)11-14-10(16-19-11)6-18-5-9(13)15-17-18/h1-5H,6,13H2. The SMILES string of the molecule is Nc1cn(Cc2noc(-c3ccccc3Cl)n2)nn1. The zero-order chi connectivity index (χ0) is 13.2. The van der Waals surface area contributed by atoms with Gasteiger partial charge in [-0.1, -0.05) is 34.1 Å². The van der Waals surface area contributed by atoms with E-state index in [0.29, 0.717) is 34.7 Å². The number of hydrogen-bond acceptors (Lipinski definition) is 6. The highest BCUT2D eigenvalue weighted by Crippen LogP contribution is 2.25. The fraction of sp³-hybridized carbons (Fsp3) is 0.0909. The van der Waals surface area contributed by atoms with Crippen molar-refractivity contribution in [1.29, 1.82) is 0 Å². The van der Waals surface area contributed by atoms with Crippen LogP contribution in [-0.2, 0) is 6.54 Å². The van der Waals surface area contributed by atoms with E-state index in [1.807, 2.05) is 18.2 Å². The summed E-state index contributed by atoms with van der Waals surface area (Å²) in [6, 6.07) is 7.26. The molecule has 0 aliphatic heterocycles. The van der Waals surface area contributed by atoms with Gasteiger partial charge >= 0.3 is 0 Å². The van der Waals surface area contributed by atoms with Crippen molar-refractivity contribution in [3.05, 3.63) is 41.3 Å². The molecular weight excluding hydrogens is 268 g/mol. The van der Waals surface area contributed by atoms with Crippen LogP contribution in [0.1, 0.15) is 5.82 Å². The number of aromatic nitrogens is 5. The Morgan fingerprint density at radius 1 is 1.32 bits per heavy atom. The monoisotopic (exact) mass is 276 g/mol. The number of nitrogens with zero attached hydrogens (tertiary/aromatic N) is 5. The second kappa shape index (κ2) is 4.69. The predicted molar refractivity (Wildman–Crippen MR) is 68.3 cm³/mol. The topological polar surface area (TPSA) is 95.7 Å². The van der Waals surface area contributed by atoms with Gasteiger partial charge in [0.1, 0.15) is 6.54 Å². The van der Waals surface area contributed by atoms with Crippen molar-refractivity contribution in [2.75, 3.05) is 5.73 Å². The third-order valence-electron chi connectivity index (χ3n) is 2.43. The molecule has 0 fully saturated rings. The van der Waals surface area contributed by atoms with Crippen LogP contribution in [0.5, 0.6) is 0 Å². The first kappa shape index (κ1) is 11.7. The molecule has 19 heavy (non-hydrogen) atoms. The maximum Gasteiger partial charge on any atom is 0.259 e. The molecule has 8 heteroatoms. The fourth-order valence-electron chi connectivity index (χ4n) is 1.60. The molecule has 0 spiro atoms. The van der Waals surface area contributed by atoms with Crippen LogP contribution in [0, 0.1) is 0 Å². The molecule has 2 N–H and O–H groups in total. The Kier molecular flexibility index (Phi) is 2.88. The van der Waals surface area contributed by atoms with Gasteiger partial charge in [-0.25, -0.2) is 4.68 Å². The van der Waals surface area contributed by atoms with E-state index < -0.39 is 0 Å².